The molecule has 1 atom stereocenters. The highest BCUT2D eigenvalue weighted by Gasteiger charge is 2.35. The lowest BCUT2D eigenvalue weighted by molar-refractivity contribution is 0.159. The molecule has 1 heterocycles. The fraction of sp³-hybridized carbons (Fsp3) is 0.455. The second-order valence-electron chi connectivity index (χ2n) is 7.96. The number of nitrogens with one attached hydrogen (secondary N) is 1. The van der Waals surface area contributed by atoms with Gasteiger partial charge in [0.25, 0.3) is 0 Å². The van der Waals surface area contributed by atoms with E-state index in [4.69, 9.17) is 0 Å². The molecule has 1 N–H and O–H groups in total. The van der Waals surface area contributed by atoms with Crippen molar-refractivity contribution >= 4 is 11.8 Å². The van der Waals surface area contributed by atoms with E-state index in [9.17, 15) is 0 Å². The molecule has 3 heteroatoms. The van der Waals surface area contributed by atoms with Crippen LogP contribution in [0.4, 0.5) is 0 Å². The summed E-state index contributed by atoms with van der Waals surface area (Å²) < 4.78 is 0. The van der Waals surface area contributed by atoms with Gasteiger partial charge in [-0.25, -0.2) is 0 Å². The third-order valence-corrected chi connectivity index (χ3v) is 6.47. The maximum absolute atomic E-state index is 3.48. The van der Waals surface area contributed by atoms with Crippen LogP contribution in [0.15, 0.2) is 59.5 Å². The second-order valence-corrected chi connectivity index (χ2v) is 9.43. The van der Waals surface area contributed by atoms with Gasteiger partial charge in [0, 0.05) is 31.1 Å². The zero-order valence-electron chi connectivity index (χ0n) is 15.9. The Kier molecular flexibility index (Phi) is 5.57. The summed E-state index contributed by atoms with van der Waals surface area (Å²) in [5.41, 5.74) is 2.97. The topological polar surface area (TPSA) is 15.3 Å². The van der Waals surface area contributed by atoms with E-state index in [2.05, 4.69) is 92.5 Å². The second kappa shape index (κ2) is 7.53. The molecule has 1 aliphatic rings. The van der Waals surface area contributed by atoms with Crippen LogP contribution in [-0.2, 0) is 10.3 Å². The van der Waals surface area contributed by atoms with Gasteiger partial charge in [0.2, 0.25) is 0 Å². The molecule has 2 aromatic carbocycles. The summed E-state index contributed by atoms with van der Waals surface area (Å²) in [7, 11) is 0. The number of piperazine rings is 1. The van der Waals surface area contributed by atoms with Crippen molar-refractivity contribution in [2.45, 2.75) is 42.9 Å². The molecular weight excluding hydrogens is 324 g/mol. The molecule has 0 radical (unpaired) electrons. The molecule has 0 spiro atoms. The van der Waals surface area contributed by atoms with E-state index in [0.29, 0.717) is 0 Å². The number of thioether (sulfide) groups is 1. The summed E-state index contributed by atoms with van der Waals surface area (Å²) in [6.07, 6.45) is 0. The number of hydrogen-bond donors (Lipinski definition) is 1. The Bertz CT molecular complexity index is 669. The van der Waals surface area contributed by atoms with Gasteiger partial charge < -0.3 is 5.32 Å². The molecule has 25 heavy (non-hydrogen) atoms. The largest absolute Gasteiger partial charge is 0.314 e. The van der Waals surface area contributed by atoms with Crippen molar-refractivity contribution in [3.8, 4) is 0 Å². The first-order valence-electron chi connectivity index (χ1n) is 9.20. The molecule has 0 bridgehead atoms. The molecule has 1 saturated heterocycles. The minimum absolute atomic E-state index is 0.0557. The lowest BCUT2D eigenvalue weighted by Crippen LogP contribution is -2.51. The predicted octanol–water partition coefficient (Wildman–Crippen LogP) is 4.85. The molecule has 0 saturated carbocycles. The summed E-state index contributed by atoms with van der Waals surface area (Å²) in [5.74, 6) is 0. The van der Waals surface area contributed by atoms with Gasteiger partial charge in [-0.15, -0.1) is 0 Å². The number of nitrogens with zero attached hydrogens (tertiary/aromatic N) is 1. The fourth-order valence-corrected chi connectivity index (χ4v) is 4.71. The summed E-state index contributed by atoms with van der Waals surface area (Å²) in [4.78, 5) is 3.89. The predicted molar refractivity (Wildman–Crippen MR) is 109 cm³/mol. The summed E-state index contributed by atoms with van der Waals surface area (Å²) in [5, 5.41) is 3.48. The van der Waals surface area contributed by atoms with Crippen LogP contribution in [0.1, 0.15) is 38.8 Å². The maximum atomic E-state index is 3.48. The molecule has 1 unspecified atom stereocenters. The van der Waals surface area contributed by atoms with Crippen molar-refractivity contribution in [1.82, 2.24) is 10.2 Å². The molecule has 0 aromatic heterocycles. The van der Waals surface area contributed by atoms with Crippen LogP contribution < -0.4 is 5.32 Å². The van der Waals surface area contributed by atoms with Crippen molar-refractivity contribution in [1.29, 1.82) is 0 Å². The van der Waals surface area contributed by atoms with E-state index < -0.39 is 0 Å². The van der Waals surface area contributed by atoms with Crippen LogP contribution in [0.2, 0.25) is 0 Å². The minimum atomic E-state index is -0.0557. The summed E-state index contributed by atoms with van der Waals surface area (Å²) >= 11 is 1.96. The van der Waals surface area contributed by atoms with Crippen molar-refractivity contribution in [3.05, 3.63) is 65.7 Å². The van der Waals surface area contributed by atoms with Crippen molar-refractivity contribution in [2.24, 2.45) is 0 Å². The Morgan fingerprint density at radius 1 is 0.800 bits per heavy atom. The monoisotopic (exact) mass is 354 g/mol. The van der Waals surface area contributed by atoms with E-state index in [1.54, 1.807) is 0 Å². The van der Waals surface area contributed by atoms with Crippen molar-refractivity contribution in [3.63, 3.8) is 0 Å². The van der Waals surface area contributed by atoms with Crippen LogP contribution in [0, 0.1) is 0 Å². The first kappa shape index (κ1) is 18.5. The molecule has 2 nitrogen and oxygen atoms in total. The zero-order chi connectivity index (χ0) is 17.9. The smallest absolute Gasteiger partial charge is 0.0945 e. The van der Waals surface area contributed by atoms with Crippen LogP contribution >= 0.6 is 11.8 Å². The van der Waals surface area contributed by atoms with Crippen LogP contribution in [0.3, 0.4) is 0 Å². The Morgan fingerprint density at radius 2 is 1.36 bits per heavy atom. The van der Waals surface area contributed by atoms with Crippen LogP contribution in [0.25, 0.3) is 0 Å². The Morgan fingerprint density at radius 3 is 1.92 bits per heavy atom. The third-order valence-electron chi connectivity index (χ3n) is 5.07. The number of benzene rings is 2. The van der Waals surface area contributed by atoms with Gasteiger partial charge in [0.1, 0.15) is 0 Å². The van der Waals surface area contributed by atoms with Crippen molar-refractivity contribution in [2.75, 3.05) is 26.2 Å². The van der Waals surface area contributed by atoms with E-state index in [-0.39, 0.29) is 10.3 Å². The van der Waals surface area contributed by atoms with E-state index in [1.165, 1.54) is 16.0 Å². The Hall–Kier alpha value is -1.29. The summed E-state index contributed by atoms with van der Waals surface area (Å²) in [6, 6.07) is 20.1. The standard InChI is InChI=1S/C22H30N2S/c1-21(2,3)18-10-12-19(13-11-18)22(4,24-16-14-23-15-17-24)25-20-8-6-5-7-9-20/h5-13,23H,14-17H2,1-4H3. The fourth-order valence-electron chi connectivity index (χ4n) is 3.40. The van der Waals surface area contributed by atoms with Crippen molar-refractivity contribution < 1.29 is 0 Å². The SMILES string of the molecule is CC(C)(C)c1ccc(C(C)(Sc2ccccc2)N2CCNCC2)cc1. The van der Waals surface area contributed by atoms with Gasteiger partial charge in [-0.05, 0) is 35.6 Å². The van der Waals surface area contributed by atoms with Crippen LogP contribution in [0.5, 0.6) is 0 Å². The Balaban J connectivity index is 1.95. The van der Waals surface area contributed by atoms with E-state index in [0.717, 1.165) is 26.2 Å². The van der Waals surface area contributed by atoms with Crippen LogP contribution in [-0.4, -0.2) is 31.1 Å². The molecule has 1 fully saturated rings. The van der Waals surface area contributed by atoms with Gasteiger partial charge in [-0.3, -0.25) is 4.90 Å². The first-order chi connectivity index (χ1) is 11.9. The summed E-state index contributed by atoms with van der Waals surface area (Å²) in [6.45, 7) is 13.5. The maximum Gasteiger partial charge on any atom is 0.0945 e. The molecule has 3 rings (SSSR count). The minimum Gasteiger partial charge on any atom is -0.314 e. The zero-order valence-corrected chi connectivity index (χ0v) is 16.7. The Labute approximate surface area is 157 Å². The molecule has 0 amide bonds. The molecule has 0 aliphatic carbocycles. The lowest BCUT2D eigenvalue weighted by Gasteiger charge is -2.43. The highest BCUT2D eigenvalue weighted by Crippen LogP contribution is 2.44. The number of hydrogen-bond acceptors (Lipinski definition) is 3. The lowest BCUT2D eigenvalue weighted by atomic mass is 9.86. The van der Waals surface area contributed by atoms with Gasteiger partial charge in [-0.1, -0.05) is 75.0 Å². The highest BCUT2D eigenvalue weighted by atomic mass is 32.2. The number of rotatable bonds is 4. The third kappa shape index (κ3) is 4.28. The van der Waals surface area contributed by atoms with E-state index >= 15 is 0 Å². The van der Waals surface area contributed by atoms with Gasteiger partial charge >= 0.3 is 0 Å². The molecule has 2 aromatic rings. The molecule has 134 valence electrons. The molecule has 1 aliphatic heterocycles. The molecular formula is C22H30N2S. The average Bonchev–Trinajstić information content (AvgIpc) is 2.62. The average molecular weight is 355 g/mol. The first-order valence-corrected chi connectivity index (χ1v) is 10.0. The van der Waals surface area contributed by atoms with Gasteiger partial charge in [-0.2, -0.15) is 0 Å². The highest BCUT2D eigenvalue weighted by molar-refractivity contribution is 8.00. The van der Waals surface area contributed by atoms with Gasteiger partial charge in [0.05, 0.1) is 4.87 Å². The van der Waals surface area contributed by atoms with Gasteiger partial charge in [0.15, 0.2) is 0 Å². The van der Waals surface area contributed by atoms with E-state index in [1.807, 2.05) is 11.8 Å². The quantitative estimate of drug-likeness (QED) is 0.790. The normalized spacial score (nSPS) is 18.7.